The summed E-state index contributed by atoms with van der Waals surface area (Å²) in [5.41, 5.74) is 0.512. The molecule has 1 heterocycles. The number of hydrogen-bond donors (Lipinski definition) is 3. The minimum absolute atomic E-state index is 0.0362. The van der Waals surface area contributed by atoms with Crippen LogP contribution in [0.15, 0.2) is 23.0 Å². The summed E-state index contributed by atoms with van der Waals surface area (Å²) in [5, 5.41) is 19.7. The molecule has 9 heteroatoms. The Morgan fingerprint density at radius 1 is 1.09 bits per heavy atom. The molecule has 0 amide bonds. The number of esters is 2. The number of carboxylic acids is 2. The van der Waals surface area contributed by atoms with Crippen molar-refractivity contribution in [1.29, 1.82) is 0 Å². The number of rotatable bonds is 6. The first kappa shape index (κ1) is 17.2. The van der Waals surface area contributed by atoms with Gasteiger partial charge in [0.15, 0.2) is 13.2 Å². The average Bonchev–Trinajstić information content (AvgIpc) is 2.42. The molecule has 3 N–H and O–H groups in total. The number of dihydropyridines is 1. The van der Waals surface area contributed by atoms with Crippen LogP contribution in [0, 0.1) is 5.92 Å². The lowest BCUT2D eigenvalue weighted by Crippen LogP contribution is -2.30. The van der Waals surface area contributed by atoms with E-state index in [0.29, 0.717) is 5.70 Å². The first-order valence-corrected chi connectivity index (χ1v) is 6.19. The molecular formula is C13H15NO8. The maximum Gasteiger partial charge on any atom is 0.341 e. The van der Waals surface area contributed by atoms with E-state index in [1.54, 1.807) is 6.92 Å². The van der Waals surface area contributed by atoms with Crippen LogP contribution in [0.2, 0.25) is 0 Å². The van der Waals surface area contributed by atoms with Crippen molar-refractivity contribution in [3.05, 3.63) is 23.0 Å². The molecule has 120 valence electrons. The topological polar surface area (TPSA) is 139 Å². The minimum Gasteiger partial charge on any atom is -0.479 e. The van der Waals surface area contributed by atoms with E-state index < -0.39 is 43.0 Å². The predicted octanol–water partition coefficient (Wildman–Crippen LogP) is -0.361. The van der Waals surface area contributed by atoms with Gasteiger partial charge in [0, 0.05) is 17.8 Å². The molecule has 0 radical (unpaired) electrons. The van der Waals surface area contributed by atoms with Crippen molar-refractivity contribution in [2.24, 2.45) is 5.92 Å². The normalized spacial score (nSPS) is 17.2. The molecule has 22 heavy (non-hydrogen) atoms. The largest absolute Gasteiger partial charge is 0.479 e. The highest BCUT2D eigenvalue weighted by molar-refractivity contribution is 5.97. The monoisotopic (exact) mass is 313 g/mol. The van der Waals surface area contributed by atoms with Gasteiger partial charge in [0.2, 0.25) is 0 Å². The Bertz CT molecular complexity index is 575. The number of aliphatic carboxylic acids is 2. The molecule has 0 saturated carbocycles. The fourth-order valence-corrected chi connectivity index (χ4v) is 1.85. The number of allylic oxidation sites excluding steroid dienone is 1. The molecule has 0 bridgehead atoms. The van der Waals surface area contributed by atoms with Gasteiger partial charge >= 0.3 is 23.9 Å². The summed E-state index contributed by atoms with van der Waals surface area (Å²) < 4.78 is 9.16. The van der Waals surface area contributed by atoms with Gasteiger partial charge in [0.25, 0.3) is 0 Å². The molecule has 0 saturated heterocycles. The molecule has 0 aromatic heterocycles. The Kier molecular flexibility index (Phi) is 5.67. The van der Waals surface area contributed by atoms with Crippen molar-refractivity contribution in [3.8, 4) is 0 Å². The second-order valence-corrected chi connectivity index (χ2v) is 4.44. The van der Waals surface area contributed by atoms with E-state index in [9.17, 15) is 19.2 Å². The van der Waals surface area contributed by atoms with E-state index in [4.69, 9.17) is 10.2 Å². The second-order valence-electron chi connectivity index (χ2n) is 4.44. The van der Waals surface area contributed by atoms with Crippen molar-refractivity contribution >= 4 is 23.9 Å². The van der Waals surface area contributed by atoms with Gasteiger partial charge in [-0.3, -0.25) is 0 Å². The molecule has 1 aliphatic rings. The molecule has 0 aromatic carbocycles. The lowest BCUT2D eigenvalue weighted by molar-refractivity contribution is -0.153. The zero-order valence-corrected chi connectivity index (χ0v) is 11.9. The SMILES string of the molecule is CC1=C(C(=O)OCC(=O)O)C(C)C(C(=O)OCC(=O)O)=CN1. The standard InChI is InChI=1S/C13H15NO8/c1-6-8(12(19)21-4-9(15)16)3-14-7(2)11(6)13(20)22-5-10(17)18/h3,6,14H,4-5H2,1-2H3,(H,15,16)(H,17,18). The summed E-state index contributed by atoms with van der Waals surface area (Å²) in [4.78, 5) is 44.5. The molecule has 1 aliphatic heterocycles. The molecule has 9 nitrogen and oxygen atoms in total. The number of carbonyl (C=O) groups excluding carboxylic acids is 2. The van der Waals surface area contributed by atoms with Gasteiger partial charge < -0.3 is 25.0 Å². The zero-order valence-electron chi connectivity index (χ0n) is 11.9. The van der Waals surface area contributed by atoms with Crippen LogP contribution < -0.4 is 5.32 Å². The van der Waals surface area contributed by atoms with Gasteiger partial charge in [-0.15, -0.1) is 0 Å². The van der Waals surface area contributed by atoms with E-state index in [1.807, 2.05) is 0 Å². The quantitative estimate of drug-likeness (QED) is 0.561. The van der Waals surface area contributed by atoms with Crippen LogP contribution in [-0.4, -0.2) is 47.3 Å². The van der Waals surface area contributed by atoms with Gasteiger partial charge in [-0.05, 0) is 6.92 Å². The number of ether oxygens (including phenoxy) is 2. The smallest absolute Gasteiger partial charge is 0.341 e. The van der Waals surface area contributed by atoms with Crippen LogP contribution in [-0.2, 0) is 28.7 Å². The summed E-state index contributed by atoms with van der Waals surface area (Å²) in [5.74, 6) is -5.11. The number of nitrogens with one attached hydrogen (secondary N) is 1. The van der Waals surface area contributed by atoms with Crippen molar-refractivity contribution in [2.45, 2.75) is 13.8 Å². The third-order valence-corrected chi connectivity index (χ3v) is 2.86. The molecule has 0 fully saturated rings. The zero-order chi connectivity index (χ0) is 16.9. The summed E-state index contributed by atoms with van der Waals surface area (Å²) in [6.45, 7) is 1.48. The fraction of sp³-hybridized carbons (Fsp3) is 0.385. The van der Waals surface area contributed by atoms with Crippen molar-refractivity contribution < 1.29 is 38.9 Å². The number of carboxylic acid groups (broad SMARTS) is 2. The first-order chi connectivity index (χ1) is 10.2. The Morgan fingerprint density at radius 3 is 2.09 bits per heavy atom. The molecule has 0 aliphatic carbocycles. The number of carbonyl (C=O) groups is 4. The lowest BCUT2D eigenvalue weighted by atomic mass is 9.89. The number of hydrogen-bond acceptors (Lipinski definition) is 7. The van der Waals surface area contributed by atoms with Crippen molar-refractivity contribution in [1.82, 2.24) is 5.32 Å². The maximum atomic E-state index is 11.9. The third kappa shape index (κ3) is 4.33. The summed E-state index contributed by atoms with van der Waals surface area (Å²) in [7, 11) is 0. The highest BCUT2D eigenvalue weighted by Gasteiger charge is 2.32. The Labute approximate surface area is 125 Å². The highest BCUT2D eigenvalue weighted by atomic mass is 16.6. The Balaban J connectivity index is 2.83. The van der Waals surface area contributed by atoms with E-state index in [1.165, 1.54) is 13.1 Å². The van der Waals surface area contributed by atoms with E-state index in [-0.39, 0.29) is 11.1 Å². The molecule has 0 aromatic rings. The van der Waals surface area contributed by atoms with Crippen LogP contribution in [0.25, 0.3) is 0 Å². The van der Waals surface area contributed by atoms with Gasteiger partial charge in [-0.1, -0.05) is 6.92 Å². The van der Waals surface area contributed by atoms with Crippen molar-refractivity contribution in [3.63, 3.8) is 0 Å². The molecule has 1 unspecified atom stereocenters. The first-order valence-electron chi connectivity index (χ1n) is 6.19. The van der Waals surface area contributed by atoms with Gasteiger partial charge in [-0.2, -0.15) is 0 Å². The van der Waals surface area contributed by atoms with E-state index in [0.717, 1.165) is 0 Å². The summed E-state index contributed by atoms with van der Waals surface area (Å²) in [6, 6.07) is 0. The van der Waals surface area contributed by atoms with Gasteiger partial charge in [-0.25, -0.2) is 19.2 Å². The maximum absolute atomic E-state index is 11.9. The van der Waals surface area contributed by atoms with E-state index >= 15 is 0 Å². The third-order valence-electron chi connectivity index (χ3n) is 2.86. The molecule has 1 atom stereocenters. The van der Waals surface area contributed by atoms with Gasteiger partial charge in [0.05, 0.1) is 11.1 Å². The fourth-order valence-electron chi connectivity index (χ4n) is 1.85. The Morgan fingerprint density at radius 2 is 1.59 bits per heavy atom. The highest BCUT2D eigenvalue weighted by Crippen LogP contribution is 2.27. The lowest BCUT2D eigenvalue weighted by Gasteiger charge is -2.24. The minimum atomic E-state index is -1.31. The molecule has 0 spiro atoms. The molecule has 1 rings (SSSR count). The van der Waals surface area contributed by atoms with Crippen LogP contribution in [0.1, 0.15) is 13.8 Å². The summed E-state index contributed by atoms with van der Waals surface area (Å²) in [6.07, 6.45) is 1.30. The van der Waals surface area contributed by atoms with Crippen LogP contribution >= 0.6 is 0 Å². The summed E-state index contributed by atoms with van der Waals surface area (Å²) >= 11 is 0. The van der Waals surface area contributed by atoms with Crippen LogP contribution in [0.3, 0.4) is 0 Å². The van der Waals surface area contributed by atoms with E-state index in [2.05, 4.69) is 14.8 Å². The average molecular weight is 313 g/mol. The second kappa shape index (κ2) is 7.25. The van der Waals surface area contributed by atoms with Crippen LogP contribution in [0.5, 0.6) is 0 Å². The van der Waals surface area contributed by atoms with Crippen molar-refractivity contribution in [2.75, 3.05) is 13.2 Å². The molecular weight excluding hydrogens is 298 g/mol. The van der Waals surface area contributed by atoms with Crippen LogP contribution in [0.4, 0.5) is 0 Å². The predicted molar refractivity (Wildman–Crippen MR) is 70.3 cm³/mol. The van der Waals surface area contributed by atoms with Gasteiger partial charge in [0.1, 0.15) is 0 Å². The Hall–Kier alpha value is -2.84.